The highest BCUT2D eigenvalue weighted by Crippen LogP contribution is 2.35. The molecular weight excluding hydrogens is 282 g/mol. The van der Waals surface area contributed by atoms with Crippen LogP contribution in [-0.4, -0.2) is 41.2 Å². The molecular formula is C16H23N3OS. The fraction of sp³-hybridized carbons (Fsp3) is 0.562. The zero-order chi connectivity index (χ0) is 14.8. The number of carbonyl (C=O) groups excluding carboxylic acids is 1. The largest absolute Gasteiger partial charge is 0.380 e. The van der Waals surface area contributed by atoms with Crippen molar-refractivity contribution < 1.29 is 4.79 Å². The van der Waals surface area contributed by atoms with Crippen molar-refractivity contribution in [1.29, 1.82) is 0 Å². The Kier molecular flexibility index (Phi) is 4.40. The minimum atomic E-state index is -0.274. The van der Waals surface area contributed by atoms with Gasteiger partial charge < -0.3 is 11.1 Å². The van der Waals surface area contributed by atoms with E-state index in [1.54, 1.807) is 0 Å². The minimum absolute atomic E-state index is 0.274. The Morgan fingerprint density at radius 3 is 2.90 bits per heavy atom. The van der Waals surface area contributed by atoms with Crippen molar-refractivity contribution in [2.45, 2.75) is 49.2 Å². The van der Waals surface area contributed by atoms with E-state index >= 15 is 0 Å². The molecule has 1 saturated carbocycles. The van der Waals surface area contributed by atoms with Gasteiger partial charge in [0.05, 0.1) is 5.75 Å². The highest BCUT2D eigenvalue weighted by Gasteiger charge is 2.38. The van der Waals surface area contributed by atoms with Crippen LogP contribution in [0.2, 0.25) is 0 Å². The second-order valence-corrected chi connectivity index (χ2v) is 7.12. The molecule has 2 unspecified atom stereocenters. The number of carbonyl (C=O) groups is 1. The van der Waals surface area contributed by atoms with Crippen molar-refractivity contribution in [3.63, 3.8) is 0 Å². The molecule has 21 heavy (non-hydrogen) atoms. The Balaban J connectivity index is 1.63. The van der Waals surface area contributed by atoms with Gasteiger partial charge in [0.2, 0.25) is 5.91 Å². The molecule has 1 amide bonds. The summed E-state index contributed by atoms with van der Waals surface area (Å²) >= 11 is 1.51. The van der Waals surface area contributed by atoms with Crippen LogP contribution in [0, 0.1) is 0 Å². The molecule has 0 radical (unpaired) electrons. The summed E-state index contributed by atoms with van der Waals surface area (Å²) in [6, 6.07) is 10.2. The van der Waals surface area contributed by atoms with E-state index in [1.165, 1.54) is 31.0 Å². The molecule has 3 rings (SSSR count). The smallest absolute Gasteiger partial charge is 0.227 e. The van der Waals surface area contributed by atoms with Gasteiger partial charge in [0.15, 0.2) is 0 Å². The Labute approximate surface area is 130 Å². The SMILES string of the molecule is CC1CC(Nc2ccccc2SCC(N)=O)CN1C1CC1. The van der Waals surface area contributed by atoms with Gasteiger partial charge in [-0.1, -0.05) is 12.1 Å². The number of nitrogens with two attached hydrogens (primary N) is 1. The van der Waals surface area contributed by atoms with E-state index < -0.39 is 0 Å². The van der Waals surface area contributed by atoms with Gasteiger partial charge in [-0.05, 0) is 38.3 Å². The first-order valence-corrected chi connectivity index (χ1v) is 8.64. The summed E-state index contributed by atoms with van der Waals surface area (Å²) in [5.41, 5.74) is 6.37. The molecule has 1 aromatic rings. The lowest BCUT2D eigenvalue weighted by Crippen LogP contribution is -2.31. The molecule has 5 heteroatoms. The van der Waals surface area contributed by atoms with Crippen LogP contribution in [0.3, 0.4) is 0 Å². The van der Waals surface area contributed by atoms with Gasteiger partial charge in [-0.2, -0.15) is 0 Å². The van der Waals surface area contributed by atoms with E-state index in [2.05, 4.69) is 23.2 Å². The van der Waals surface area contributed by atoms with Crippen LogP contribution in [0.4, 0.5) is 5.69 Å². The van der Waals surface area contributed by atoms with E-state index in [0.717, 1.165) is 23.2 Å². The number of likely N-dealkylation sites (tertiary alicyclic amines) is 1. The van der Waals surface area contributed by atoms with Gasteiger partial charge >= 0.3 is 0 Å². The number of para-hydroxylation sites is 1. The van der Waals surface area contributed by atoms with Gasteiger partial charge in [-0.25, -0.2) is 0 Å². The third-order valence-electron chi connectivity index (χ3n) is 4.26. The number of benzene rings is 1. The van der Waals surface area contributed by atoms with Gasteiger partial charge in [0.1, 0.15) is 0 Å². The van der Waals surface area contributed by atoms with Crippen LogP contribution < -0.4 is 11.1 Å². The Hall–Kier alpha value is -1.20. The number of thioether (sulfide) groups is 1. The molecule has 4 nitrogen and oxygen atoms in total. The van der Waals surface area contributed by atoms with E-state index in [0.29, 0.717) is 17.8 Å². The number of hydrogen-bond donors (Lipinski definition) is 2. The molecule has 2 fully saturated rings. The normalized spacial score (nSPS) is 26.0. The maximum absolute atomic E-state index is 11.0. The summed E-state index contributed by atoms with van der Waals surface area (Å²) < 4.78 is 0. The lowest BCUT2D eigenvalue weighted by atomic mass is 10.2. The van der Waals surface area contributed by atoms with Gasteiger partial charge in [0, 0.05) is 35.3 Å². The van der Waals surface area contributed by atoms with Gasteiger partial charge in [-0.3, -0.25) is 9.69 Å². The topological polar surface area (TPSA) is 58.4 Å². The summed E-state index contributed by atoms with van der Waals surface area (Å²) in [6.07, 6.45) is 3.91. The number of anilines is 1. The van der Waals surface area contributed by atoms with Crippen LogP contribution in [0.1, 0.15) is 26.2 Å². The molecule has 1 heterocycles. The van der Waals surface area contributed by atoms with Crippen LogP contribution in [0.25, 0.3) is 0 Å². The highest BCUT2D eigenvalue weighted by atomic mass is 32.2. The molecule has 114 valence electrons. The van der Waals surface area contributed by atoms with Crippen molar-refractivity contribution in [2.75, 3.05) is 17.6 Å². The maximum atomic E-state index is 11.0. The lowest BCUT2D eigenvalue weighted by molar-refractivity contribution is -0.115. The molecule has 1 aliphatic heterocycles. The van der Waals surface area contributed by atoms with E-state index in [9.17, 15) is 4.79 Å². The molecule has 2 aliphatic rings. The number of nitrogens with one attached hydrogen (secondary N) is 1. The number of rotatable bonds is 6. The van der Waals surface area contributed by atoms with E-state index in [1.807, 2.05) is 18.2 Å². The fourth-order valence-electron chi connectivity index (χ4n) is 3.16. The molecule has 1 aliphatic carbocycles. The van der Waals surface area contributed by atoms with E-state index in [4.69, 9.17) is 5.73 Å². The minimum Gasteiger partial charge on any atom is -0.380 e. The zero-order valence-corrected chi connectivity index (χ0v) is 13.2. The van der Waals surface area contributed by atoms with Crippen molar-refractivity contribution in [3.05, 3.63) is 24.3 Å². The highest BCUT2D eigenvalue weighted by molar-refractivity contribution is 8.00. The molecule has 1 aromatic carbocycles. The second-order valence-electron chi connectivity index (χ2n) is 6.11. The zero-order valence-electron chi connectivity index (χ0n) is 12.4. The first-order valence-electron chi connectivity index (χ1n) is 7.66. The number of amides is 1. The summed E-state index contributed by atoms with van der Waals surface area (Å²) in [6.45, 7) is 3.45. The Bertz CT molecular complexity index is 518. The number of nitrogens with zero attached hydrogens (tertiary/aromatic N) is 1. The van der Waals surface area contributed by atoms with Gasteiger partial charge in [-0.15, -0.1) is 11.8 Å². The van der Waals surface area contributed by atoms with Crippen LogP contribution >= 0.6 is 11.8 Å². The summed E-state index contributed by atoms with van der Waals surface area (Å²) in [7, 11) is 0. The monoisotopic (exact) mass is 305 g/mol. The number of primary amides is 1. The summed E-state index contributed by atoms with van der Waals surface area (Å²) in [5, 5.41) is 3.66. The van der Waals surface area contributed by atoms with Crippen LogP contribution in [0.15, 0.2) is 29.2 Å². The first kappa shape index (κ1) is 14.7. The summed E-state index contributed by atoms with van der Waals surface area (Å²) in [5.74, 6) is 0.0535. The average Bonchev–Trinajstić information content (AvgIpc) is 3.22. The molecule has 0 aromatic heterocycles. The van der Waals surface area contributed by atoms with Crippen molar-refractivity contribution in [1.82, 2.24) is 4.90 Å². The first-order chi connectivity index (χ1) is 10.1. The van der Waals surface area contributed by atoms with E-state index in [-0.39, 0.29) is 5.91 Å². The maximum Gasteiger partial charge on any atom is 0.227 e. The molecule has 1 saturated heterocycles. The Morgan fingerprint density at radius 1 is 1.43 bits per heavy atom. The van der Waals surface area contributed by atoms with Crippen LogP contribution in [-0.2, 0) is 4.79 Å². The molecule has 2 atom stereocenters. The predicted octanol–water partition coefficient (Wildman–Crippen LogP) is 2.30. The lowest BCUT2D eigenvalue weighted by Gasteiger charge is -2.20. The standard InChI is InChI=1S/C16H23N3OS/c1-11-8-12(9-19(11)13-6-7-13)18-14-4-2-3-5-15(14)21-10-16(17)20/h2-5,11-13,18H,6-10H2,1H3,(H2,17,20). The average molecular weight is 305 g/mol. The third kappa shape index (κ3) is 3.71. The number of hydrogen-bond acceptors (Lipinski definition) is 4. The molecule has 0 bridgehead atoms. The van der Waals surface area contributed by atoms with Crippen molar-refractivity contribution in [2.24, 2.45) is 5.73 Å². The molecule has 0 spiro atoms. The van der Waals surface area contributed by atoms with Crippen molar-refractivity contribution >= 4 is 23.4 Å². The summed E-state index contributed by atoms with van der Waals surface area (Å²) in [4.78, 5) is 14.7. The van der Waals surface area contributed by atoms with Crippen molar-refractivity contribution in [3.8, 4) is 0 Å². The predicted molar refractivity (Wildman–Crippen MR) is 87.6 cm³/mol. The molecule has 3 N–H and O–H groups in total. The third-order valence-corrected chi connectivity index (χ3v) is 5.35. The van der Waals surface area contributed by atoms with Crippen LogP contribution in [0.5, 0.6) is 0 Å². The Morgan fingerprint density at radius 2 is 2.19 bits per heavy atom. The van der Waals surface area contributed by atoms with Gasteiger partial charge in [0.25, 0.3) is 0 Å². The fourth-order valence-corrected chi connectivity index (χ4v) is 3.91. The quantitative estimate of drug-likeness (QED) is 0.792. The second kappa shape index (κ2) is 6.28.